The van der Waals surface area contributed by atoms with Gasteiger partial charge >= 0.3 is 0 Å². The molecule has 3 nitrogen and oxygen atoms in total. The van der Waals surface area contributed by atoms with Crippen LogP contribution in [0.3, 0.4) is 0 Å². The van der Waals surface area contributed by atoms with Crippen molar-refractivity contribution in [2.75, 3.05) is 0 Å². The molecule has 1 aromatic rings. The fraction of sp³-hybridized carbons (Fsp3) is 0. The summed E-state index contributed by atoms with van der Waals surface area (Å²) in [5, 5.41) is 8.57. The zero-order valence-electron chi connectivity index (χ0n) is 4.67. The maximum absolute atomic E-state index is 8.36. The van der Waals surface area contributed by atoms with Crippen LogP contribution in [0.25, 0.3) is 0 Å². The lowest BCUT2D eigenvalue weighted by Crippen LogP contribution is -1.86. The summed E-state index contributed by atoms with van der Waals surface area (Å²) in [5.41, 5.74) is 0.0988. The number of hydrogen-bond acceptors (Lipinski definition) is 3. The Morgan fingerprint density at radius 2 is 2.10 bits per heavy atom. The lowest BCUT2D eigenvalue weighted by Gasteiger charge is -1.92. The van der Waals surface area contributed by atoms with Crippen LogP contribution in [0.15, 0.2) is 6.33 Å². The molecule has 5 heteroatoms. The number of hydrogen-bond donors (Lipinski definition) is 0. The van der Waals surface area contributed by atoms with Crippen molar-refractivity contribution in [1.29, 1.82) is 5.26 Å². The quantitative estimate of drug-likeness (QED) is 0.561. The molecule has 0 aliphatic heterocycles. The first-order chi connectivity index (χ1) is 4.75. The third-order valence-corrected chi connectivity index (χ3v) is 1.59. The summed E-state index contributed by atoms with van der Waals surface area (Å²) in [4.78, 5) is 7.13. The van der Waals surface area contributed by atoms with Crippen LogP contribution < -0.4 is 0 Å². The Kier molecular flexibility index (Phi) is 2.05. The van der Waals surface area contributed by atoms with E-state index in [9.17, 15) is 0 Å². The second-order valence-corrected chi connectivity index (χ2v) is 2.17. The molecule has 1 rings (SSSR count). The molecule has 0 aliphatic carbocycles. The molecule has 0 N–H and O–H groups in total. The van der Waals surface area contributed by atoms with Crippen molar-refractivity contribution in [1.82, 2.24) is 9.97 Å². The molecule has 0 spiro atoms. The molecule has 0 radical (unpaired) electrons. The third-order valence-electron chi connectivity index (χ3n) is 0.853. The van der Waals surface area contributed by atoms with E-state index in [4.69, 9.17) is 28.5 Å². The van der Waals surface area contributed by atoms with Gasteiger partial charge in [0.15, 0.2) is 10.8 Å². The van der Waals surface area contributed by atoms with Gasteiger partial charge in [0.25, 0.3) is 0 Å². The maximum atomic E-state index is 8.36. The van der Waals surface area contributed by atoms with Gasteiger partial charge in [0.1, 0.15) is 17.4 Å². The molecule has 10 heavy (non-hydrogen) atoms. The van der Waals surface area contributed by atoms with E-state index in [0.717, 1.165) is 0 Å². The summed E-state index contributed by atoms with van der Waals surface area (Å²) in [5.74, 6) is 0. The van der Waals surface area contributed by atoms with Gasteiger partial charge in [-0.2, -0.15) is 5.26 Å². The van der Waals surface area contributed by atoms with Gasteiger partial charge in [0, 0.05) is 0 Å². The Balaban J connectivity index is 3.31. The summed E-state index contributed by atoms with van der Waals surface area (Å²) < 4.78 is 0. The van der Waals surface area contributed by atoms with Crippen LogP contribution in [0.1, 0.15) is 5.69 Å². The Hall–Kier alpha value is -0.850. The Bertz CT molecular complexity index is 291. The van der Waals surface area contributed by atoms with Crippen molar-refractivity contribution >= 4 is 23.2 Å². The number of nitrogens with zero attached hydrogens (tertiary/aromatic N) is 3. The molecule has 0 atom stereocenters. The number of nitriles is 1. The van der Waals surface area contributed by atoms with E-state index < -0.39 is 0 Å². The monoisotopic (exact) mass is 173 g/mol. The van der Waals surface area contributed by atoms with E-state index in [0.29, 0.717) is 0 Å². The zero-order chi connectivity index (χ0) is 7.56. The summed E-state index contributed by atoms with van der Waals surface area (Å²) in [6.07, 6.45) is 1.19. The largest absolute Gasteiger partial charge is 0.224 e. The minimum absolute atomic E-state index is 0.0988. The fourth-order valence-corrected chi connectivity index (χ4v) is 0.699. The van der Waals surface area contributed by atoms with Crippen molar-refractivity contribution in [3.8, 4) is 6.07 Å². The van der Waals surface area contributed by atoms with Gasteiger partial charge in [-0.05, 0) is 0 Å². The fourth-order valence-electron chi connectivity index (χ4n) is 0.426. The molecule has 0 saturated carbocycles. The topological polar surface area (TPSA) is 49.6 Å². The van der Waals surface area contributed by atoms with Gasteiger partial charge in [0.2, 0.25) is 0 Å². The summed E-state index contributed by atoms with van der Waals surface area (Å²) >= 11 is 11.0. The Morgan fingerprint density at radius 1 is 1.40 bits per heavy atom. The SMILES string of the molecule is N#Cc1ncnc(Cl)c1Cl. The molecule has 0 saturated heterocycles. The van der Waals surface area contributed by atoms with Crippen molar-refractivity contribution < 1.29 is 0 Å². The molecule has 0 amide bonds. The van der Waals surface area contributed by atoms with Crippen LogP contribution in [-0.2, 0) is 0 Å². The first kappa shape index (κ1) is 7.26. The molecule has 1 aromatic heterocycles. The molecule has 1 heterocycles. The molecule has 0 fully saturated rings. The van der Waals surface area contributed by atoms with Crippen LogP contribution in [-0.4, -0.2) is 9.97 Å². The van der Waals surface area contributed by atoms with Gasteiger partial charge in [0.05, 0.1) is 0 Å². The summed E-state index contributed by atoms with van der Waals surface area (Å²) in [7, 11) is 0. The van der Waals surface area contributed by atoms with Gasteiger partial charge in [-0.15, -0.1) is 0 Å². The highest BCUT2D eigenvalue weighted by atomic mass is 35.5. The molecular formula is C5HCl2N3. The highest BCUT2D eigenvalue weighted by Crippen LogP contribution is 2.19. The summed E-state index contributed by atoms with van der Waals surface area (Å²) in [6, 6.07) is 1.77. The van der Waals surface area contributed by atoms with Crippen LogP contribution in [0.4, 0.5) is 0 Å². The lowest BCUT2D eigenvalue weighted by atomic mass is 10.4. The number of aromatic nitrogens is 2. The molecule has 0 aromatic carbocycles. The highest BCUT2D eigenvalue weighted by Gasteiger charge is 2.04. The Labute approximate surface area is 67.2 Å². The average molecular weight is 174 g/mol. The third kappa shape index (κ3) is 1.18. The van der Waals surface area contributed by atoms with Crippen LogP contribution in [0, 0.1) is 11.3 Å². The lowest BCUT2D eigenvalue weighted by molar-refractivity contribution is 1.14. The molecular weight excluding hydrogens is 173 g/mol. The van der Waals surface area contributed by atoms with Crippen molar-refractivity contribution in [3.63, 3.8) is 0 Å². The standard InChI is InChI=1S/C5HCl2N3/c6-4-3(1-8)9-2-10-5(4)7/h2H. The Morgan fingerprint density at radius 3 is 2.60 bits per heavy atom. The van der Waals surface area contributed by atoms with E-state index in [1.54, 1.807) is 6.07 Å². The average Bonchev–Trinajstić information content (AvgIpc) is 1.95. The van der Waals surface area contributed by atoms with E-state index in [1.807, 2.05) is 0 Å². The second kappa shape index (κ2) is 2.82. The summed E-state index contributed by atoms with van der Waals surface area (Å²) in [6.45, 7) is 0. The van der Waals surface area contributed by atoms with Crippen LogP contribution >= 0.6 is 23.2 Å². The van der Waals surface area contributed by atoms with E-state index >= 15 is 0 Å². The smallest absolute Gasteiger partial charge is 0.164 e. The first-order valence-electron chi connectivity index (χ1n) is 2.32. The predicted octanol–water partition coefficient (Wildman–Crippen LogP) is 1.66. The van der Waals surface area contributed by atoms with Crippen molar-refractivity contribution in [2.24, 2.45) is 0 Å². The van der Waals surface area contributed by atoms with E-state index in [1.165, 1.54) is 6.33 Å². The maximum Gasteiger partial charge on any atom is 0.164 e. The molecule has 0 unspecified atom stereocenters. The van der Waals surface area contributed by atoms with Crippen LogP contribution in [0.2, 0.25) is 10.2 Å². The normalized spacial score (nSPS) is 8.90. The minimum Gasteiger partial charge on any atom is -0.224 e. The molecule has 50 valence electrons. The first-order valence-corrected chi connectivity index (χ1v) is 3.07. The molecule has 0 bridgehead atoms. The predicted molar refractivity (Wildman–Crippen MR) is 36.8 cm³/mol. The van der Waals surface area contributed by atoms with Crippen molar-refractivity contribution in [3.05, 3.63) is 22.2 Å². The molecule has 0 aliphatic rings. The van der Waals surface area contributed by atoms with E-state index in [2.05, 4.69) is 9.97 Å². The van der Waals surface area contributed by atoms with Crippen molar-refractivity contribution in [2.45, 2.75) is 0 Å². The van der Waals surface area contributed by atoms with E-state index in [-0.39, 0.29) is 15.9 Å². The van der Waals surface area contributed by atoms with Gasteiger partial charge in [-0.1, -0.05) is 23.2 Å². The van der Waals surface area contributed by atoms with Crippen LogP contribution in [0.5, 0.6) is 0 Å². The van der Waals surface area contributed by atoms with Gasteiger partial charge < -0.3 is 0 Å². The zero-order valence-corrected chi connectivity index (χ0v) is 6.19. The number of rotatable bonds is 0. The highest BCUT2D eigenvalue weighted by molar-refractivity contribution is 6.41. The van der Waals surface area contributed by atoms with Gasteiger partial charge in [-0.3, -0.25) is 0 Å². The van der Waals surface area contributed by atoms with Gasteiger partial charge in [-0.25, -0.2) is 9.97 Å². The number of halogens is 2. The minimum atomic E-state index is 0.0988. The second-order valence-electron chi connectivity index (χ2n) is 1.44.